The Labute approximate surface area is 200 Å². The topological polar surface area (TPSA) is 0 Å². The van der Waals surface area contributed by atoms with Gasteiger partial charge in [-0.2, -0.15) is 0 Å². The van der Waals surface area contributed by atoms with Crippen LogP contribution in [0, 0.1) is 30.5 Å². The van der Waals surface area contributed by atoms with Crippen molar-refractivity contribution < 1.29 is 4.39 Å². The van der Waals surface area contributed by atoms with Gasteiger partial charge in [-0.25, -0.2) is 4.39 Å². The molecule has 0 aromatic heterocycles. The zero-order chi connectivity index (χ0) is 22.8. The number of rotatable bonds is 4. The van der Waals surface area contributed by atoms with Crippen LogP contribution in [0.5, 0.6) is 0 Å². The molecular formula is C32H41F. The first-order valence-corrected chi connectivity index (χ1v) is 13.6. The van der Waals surface area contributed by atoms with Crippen LogP contribution in [0.25, 0.3) is 5.57 Å². The predicted molar refractivity (Wildman–Crippen MR) is 138 cm³/mol. The Morgan fingerprint density at radius 1 is 0.697 bits per heavy atom. The van der Waals surface area contributed by atoms with Crippen LogP contribution in [0.1, 0.15) is 112 Å². The van der Waals surface area contributed by atoms with Crippen molar-refractivity contribution in [3.8, 4) is 0 Å². The Morgan fingerprint density at radius 3 is 1.94 bits per heavy atom. The minimum Gasteiger partial charge on any atom is -0.206 e. The lowest BCUT2D eigenvalue weighted by Gasteiger charge is -2.37. The second-order valence-corrected chi connectivity index (χ2v) is 11.5. The van der Waals surface area contributed by atoms with Crippen LogP contribution < -0.4 is 0 Å². The third-order valence-electron chi connectivity index (χ3n) is 9.27. The molecule has 176 valence electrons. The highest BCUT2D eigenvalue weighted by atomic mass is 19.1. The smallest absolute Gasteiger partial charge is 0.130 e. The Bertz CT molecular complexity index is 952. The van der Waals surface area contributed by atoms with Gasteiger partial charge >= 0.3 is 0 Å². The van der Waals surface area contributed by atoms with E-state index in [0.717, 1.165) is 42.6 Å². The molecule has 1 heteroatoms. The molecule has 33 heavy (non-hydrogen) atoms. The quantitative estimate of drug-likeness (QED) is 0.440. The van der Waals surface area contributed by atoms with E-state index in [4.69, 9.17) is 0 Å². The Morgan fingerprint density at radius 2 is 1.33 bits per heavy atom. The summed E-state index contributed by atoms with van der Waals surface area (Å²) >= 11 is 0. The molecule has 0 aliphatic heterocycles. The minimum absolute atomic E-state index is 0.00377. The molecule has 0 heterocycles. The zero-order valence-electron chi connectivity index (χ0n) is 20.7. The maximum Gasteiger partial charge on any atom is 0.130 e. The molecule has 2 saturated carbocycles. The van der Waals surface area contributed by atoms with Crippen molar-refractivity contribution in [3.63, 3.8) is 0 Å². The van der Waals surface area contributed by atoms with Crippen LogP contribution in [0.2, 0.25) is 0 Å². The van der Waals surface area contributed by atoms with Crippen LogP contribution in [0.3, 0.4) is 0 Å². The lowest BCUT2D eigenvalue weighted by molar-refractivity contribution is 0.165. The number of allylic oxidation sites excluding steroid dienone is 2. The van der Waals surface area contributed by atoms with Crippen molar-refractivity contribution in [1.29, 1.82) is 0 Å². The first-order chi connectivity index (χ1) is 16.1. The van der Waals surface area contributed by atoms with Gasteiger partial charge in [0.2, 0.25) is 0 Å². The molecule has 0 nitrogen and oxygen atoms in total. The molecule has 5 rings (SSSR count). The molecule has 0 saturated heterocycles. The third-order valence-corrected chi connectivity index (χ3v) is 9.27. The summed E-state index contributed by atoms with van der Waals surface area (Å²) in [4.78, 5) is 0. The summed E-state index contributed by atoms with van der Waals surface area (Å²) in [6.45, 7) is 4.55. The van der Waals surface area contributed by atoms with E-state index in [1.54, 1.807) is 0 Å². The van der Waals surface area contributed by atoms with E-state index in [-0.39, 0.29) is 5.82 Å². The zero-order valence-corrected chi connectivity index (χ0v) is 20.7. The fraction of sp³-hybridized carbons (Fsp3) is 0.562. The molecule has 2 aromatic carbocycles. The van der Waals surface area contributed by atoms with E-state index < -0.39 is 0 Å². The van der Waals surface area contributed by atoms with E-state index in [1.165, 1.54) is 73.6 Å². The van der Waals surface area contributed by atoms with Gasteiger partial charge in [-0.05, 0) is 117 Å². The fourth-order valence-electron chi connectivity index (χ4n) is 6.95. The summed E-state index contributed by atoms with van der Waals surface area (Å²) in [6, 6.07) is 15.1. The monoisotopic (exact) mass is 444 g/mol. The van der Waals surface area contributed by atoms with Crippen molar-refractivity contribution in [3.05, 3.63) is 76.6 Å². The van der Waals surface area contributed by atoms with Crippen molar-refractivity contribution in [2.45, 2.75) is 96.3 Å². The van der Waals surface area contributed by atoms with Crippen LogP contribution in [-0.4, -0.2) is 0 Å². The number of benzene rings is 2. The van der Waals surface area contributed by atoms with Gasteiger partial charge in [0, 0.05) is 5.56 Å². The summed E-state index contributed by atoms with van der Waals surface area (Å²) in [5.41, 5.74) is 6.01. The molecule has 3 aliphatic rings. The maximum absolute atomic E-state index is 15.2. The average molecular weight is 445 g/mol. The van der Waals surface area contributed by atoms with Gasteiger partial charge in [0.05, 0.1) is 0 Å². The predicted octanol–water partition coefficient (Wildman–Crippen LogP) is 9.59. The average Bonchev–Trinajstić information content (AvgIpc) is 2.85. The standard InChI is InChI=1S/C32H41F/c1-22-3-7-24(8-4-22)26-11-13-28(14-12-26)30-19-20-31(32(33)21-30)29-17-15-27(16-18-29)25-9-5-23(2)6-10-25/h5-6,9-10,17,19-22,24,26-28H,3-4,7-8,11-16,18H2,1-2H3. The molecule has 0 radical (unpaired) electrons. The molecule has 2 aromatic rings. The third kappa shape index (κ3) is 5.28. The largest absolute Gasteiger partial charge is 0.206 e. The fourth-order valence-corrected chi connectivity index (χ4v) is 6.95. The van der Waals surface area contributed by atoms with Crippen LogP contribution in [-0.2, 0) is 0 Å². The van der Waals surface area contributed by atoms with E-state index in [9.17, 15) is 0 Å². The number of halogens is 1. The van der Waals surface area contributed by atoms with Gasteiger partial charge in [0.25, 0.3) is 0 Å². The van der Waals surface area contributed by atoms with Gasteiger partial charge in [0.1, 0.15) is 5.82 Å². The highest BCUT2D eigenvalue weighted by Crippen LogP contribution is 2.44. The molecule has 2 fully saturated rings. The van der Waals surface area contributed by atoms with E-state index in [0.29, 0.717) is 11.8 Å². The lowest BCUT2D eigenvalue weighted by atomic mass is 9.68. The van der Waals surface area contributed by atoms with Crippen LogP contribution in [0.15, 0.2) is 48.5 Å². The SMILES string of the molecule is Cc1ccc(C2CC=C(c3ccc(C4CCC(C5CCC(C)CC5)CC4)cc3F)CC2)cc1. The summed E-state index contributed by atoms with van der Waals surface area (Å²) < 4.78 is 15.2. The highest BCUT2D eigenvalue weighted by Gasteiger charge is 2.30. The number of hydrogen-bond donors (Lipinski definition) is 0. The summed E-state index contributed by atoms with van der Waals surface area (Å²) in [5, 5.41) is 0. The molecule has 3 aliphatic carbocycles. The van der Waals surface area contributed by atoms with Crippen molar-refractivity contribution in [2.24, 2.45) is 17.8 Å². The molecule has 1 atom stereocenters. The van der Waals surface area contributed by atoms with Crippen LogP contribution in [0.4, 0.5) is 4.39 Å². The van der Waals surface area contributed by atoms with Gasteiger partial charge in [-0.1, -0.05) is 67.8 Å². The molecule has 0 amide bonds. The van der Waals surface area contributed by atoms with Crippen LogP contribution >= 0.6 is 0 Å². The van der Waals surface area contributed by atoms with Gasteiger partial charge in [-0.3, -0.25) is 0 Å². The molecule has 1 unspecified atom stereocenters. The minimum atomic E-state index is -0.00377. The van der Waals surface area contributed by atoms with Crippen molar-refractivity contribution >= 4 is 5.57 Å². The Balaban J connectivity index is 1.19. The highest BCUT2D eigenvalue weighted by molar-refractivity contribution is 5.67. The lowest BCUT2D eigenvalue weighted by Crippen LogP contribution is -2.24. The van der Waals surface area contributed by atoms with E-state index >= 15 is 4.39 Å². The van der Waals surface area contributed by atoms with Crippen molar-refractivity contribution in [2.75, 3.05) is 0 Å². The maximum atomic E-state index is 15.2. The first kappa shape index (κ1) is 22.9. The summed E-state index contributed by atoms with van der Waals surface area (Å²) in [6.07, 6.45) is 16.3. The molecule has 0 spiro atoms. The van der Waals surface area contributed by atoms with Gasteiger partial charge < -0.3 is 0 Å². The molecule has 0 bridgehead atoms. The first-order valence-electron chi connectivity index (χ1n) is 13.6. The van der Waals surface area contributed by atoms with Crippen molar-refractivity contribution in [1.82, 2.24) is 0 Å². The summed E-state index contributed by atoms with van der Waals surface area (Å²) in [5.74, 6) is 3.94. The molecular weight excluding hydrogens is 403 g/mol. The summed E-state index contributed by atoms with van der Waals surface area (Å²) in [7, 11) is 0. The number of hydrogen-bond acceptors (Lipinski definition) is 0. The number of aryl methyl sites for hydroxylation is 1. The van der Waals surface area contributed by atoms with E-state index in [2.05, 4.69) is 56.3 Å². The molecule has 0 N–H and O–H groups in total. The van der Waals surface area contributed by atoms with E-state index in [1.807, 2.05) is 6.07 Å². The Kier molecular flexibility index (Phi) is 7.05. The normalized spacial score (nSPS) is 30.6. The van der Waals surface area contributed by atoms with Gasteiger partial charge in [0.15, 0.2) is 0 Å². The second-order valence-electron chi connectivity index (χ2n) is 11.5. The second kappa shape index (κ2) is 10.2. The van der Waals surface area contributed by atoms with Gasteiger partial charge in [-0.15, -0.1) is 0 Å². The Hall–Kier alpha value is -1.89.